The Bertz CT molecular complexity index is 1800. The van der Waals surface area contributed by atoms with Crippen molar-refractivity contribution < 1.29 is 27.5 Å². The van der Waals surface area contributed by atoms with Crippen molar-refractivity contribution in [2.24, 2.45) is 0 Å². The van der Waals surface area contributed by atoms with Crippen LogP contribution in [0, 0.1) is 6.92 Å². The summed E-state index contributed by atoms with van der Waals surface area (Å²) < 4.78 is 41.0. The van der Waals surface area contributed by atoms with Crippen molar-refractivity contribution in [3.8, 4) is 11.5 Å². The zero-order valence-electron chi connectivity index (χ0n) is 27.9. The topological polar surface area (TPSA) is 105 Å². The predicted octanol–water partition coefficient (Wildman–Crippen LogP) is 6.52. The second-order valence-electron chi connectivity index (χ2n) is 11.5. The van der Waals surface area contributed by atoms with Gasteiger partial charge in [-0.25, -0.2) is 8.42 Å². The van der Waals surface area contributed by atoms with Gasteiger partial charge in [-0.3, -0.25) is 13.9 Å². The molecule has 48 heavy (non-hydrogen) atoms. The molecule has 0 saturated heterocycles. The minimum atomic E-state index is -4.27. The molecule has 1 N–H and O–H groups in total. The molecule has 0 radical (unpaired) electrons. The van der Waals surface area contributed by atoms with Crippen molar-refractivity contribution in [2.45, 2.75) is 57.1 Å². The molecule has 0 heterocycles. The lowest BCUT2D eigenvalue weighted by atomic mass is 10.0. The Labute approximate surface area is 292 Å². The van der Waals surface area contributed by atoms with Gasteiger partial charge in [0.25, 0.3) is 10.0 Å². The fourth-order valence-electron chi connectivity index (χ4n) is 5.14. The molecule has 4 rings (SSSR count). The van der Waals surface area contributed by atoms with Crippen LogP contribution in [0.15, 0.2) is 106 Å². The number of hydrogen-bond donors (Lipinski definition) is 1. The number of ether oxygens (including phenoxy) is 2. The van der Waals surface area contributed by atoms with Gasteiger partial charge in [-0.2, -0.15) is 0 Å². The van der Waals surface area contributed by atoms with Crippen molar-refractivity contribution in [3.05, 3.63) is 118 Å². The number of nitrogens with one attached hydrogen (secondary N) is 1. The highest BCUT2D eigenvalue weighted by Crippen LogP contribution is 2.31. The van der Waals surface area contributed by atoms with E-state index in [2.05, 4.69) is 21.2 Å². The van der Waals surface area contributed by atoms with Gasteiger partial charge in [0.15, 0.2) is 0 Å². The Morgan fingerprint density at radius 1 is 0.875 bits per heavy atom. The van der Waals surface area contributed by atoms with Crippen LogP contribution >= 0.6 is 15.9 Å². The monoisotopic (exact) mass is 735 g/mol. The molecular weight excluding hydrogens is 694 g/mol. The Kier molecular flexibility index (Phi) is 12.7. The Balaban J connectivity index is 1.83. The normalized spacial score (nSPS) is 12.5. The molecule has 0 aliphatic heterocycles. The highest BCUT2D eigenvalue weighted by Gasteiger charge is 2.35. The van der Waals surface area contributed by atoms with E-state index in [0.29, 0.717) is 28.1 Å². The number of sulfonamides is 1. The summed E-state index contributed by atoms with van der Waals surface area (Å²) in [5.41, 5.74) is 2.82. The second kappa shape index (κ2) is 16.7. The molecule has 2 amide bonds. The molecule has 4 aromatic carbocycles. The maximum Gasteiger partial charge on any atom is 0.264 e. The number of rotatable bonds is 15. The minimum Gasteiger partial charge on any atom is -0.497 e. The molecule has 0 bridgehead atoms. The first-order valence-corrected chi connectivity index (χ1v) is 17.9. The fourth-order valence-corrected chi connectivity index (χ4v) is 7.27. The molecule has 0 unspecified atom stereocenters. The van der Waals surface area contributed by atoms with Crippen molar-refractivity contribution in [3.63, 3.8) is 0 Å². The minimum absolute atomic E-state index is 0.0294. The van der Waals surface area contributed by atoms with Crippen LogP contribution in [0.1, 0.15) is 37.0 Å². The van der Waals surface area contributed by atoms with E-state index in [9.17, 15) is 18.0 Å². The van der Waals surface area contributed by atoms with E-state index >= 15 is 0 Å². The molecule has 0 aromatic heterocycles. The molecule has 254 valence electrons. The van der Waals surface area contributed by atoms with Crippen LogP contribution in [0.2, 0.25) is 0 Å². The van der Waals surface area contributed by atoms with Crippen LogP contribution in [0.4, 0.5) is 5.69 Å². The van der Waals surface area contributed by atoms with Gasteiger partial charge in [0, 0.05) is 19.0 Å². The van der Waals surface area contributed by atoms with E-state index in [1.807, 2.05) is 63.2 Å². The first-order valence-electron chi connectivity index (χ1n) is 15.7. The highest BCUT2D eigenvalue weighted by atomic mass is 79.9. The second-order valence-corrected chi connectivity index (χ2v) is 14.3. The number of amides is 2. The van der Waals surface area contributed by atoms with E-state index in [-0.39, 0.29) is 29.8 Å². The zero-order valence-corrected chi connectivity index (χ0v) is 30.3. The van der Waals surface area contributed by atoms with Crippen molar-refractivity contribution >= 4 is 43.5 Å². The first-order chi connectivity index (χ1) is 23.0. The van der Waals surface area contributed by atoms with E-state index in [0.717, 1.165) is 21.0 Å². The quantitative estimate of drug-likeness (QED) is 0.149. The number of hydrogen-bond acceptors (Lipinski definition) is 6. The number of methoxy groups -OCH3 is 2. The fraction of sp³-hybridized carbons (Fsp3) is 0.297. The van der Waals surface area contributed by atoms with Crippen LogP contribution in [-0.2, 0) is 32.6 Å². The Morgan fingerprint density at radius 3 is 2.19 bits per heavy atom. The number of carbonyl (C=O) groups excluding carboxylic acids is 2. The number of halogens is 1. The predicted molar refractivity (Wildman–Crippen MR) is 192 cm³/mol. The molecule has 0 spiro atoms. The lowest BCUT2D eigenvalue weighted by molar-refractivity contribution is -0.140. The summed E-state index contributed by atoms with van der Waals surface area (Å²) in [4.78, 5) is 30.1. The lowest BCUT2D eigenvalue weighted by Gasteiger charge is -2.34. The molecule has 0 fully saturated rings. The molecule has 0 aliphatic carbocycles. The third-order valence-corrected chi connectivity index (χ3v) is 10.5. The molecule has 0 saturated carbocycles. The lowest BCUT2D eigenvalue weighted by Crippen LogP contribution is -2.54. The number of nitrogens with zero attached hydrogens (tertiary/aromatic N) is 2. The molecule has 9 nitrogen and oxygen atoms in total. The van der Waals surface area contributed by atoms with Gasteiger partial charge in [-0.05, 0) is 89.8 Å². The van der Waals surface area contributed by atoms with Gasteiger partial charge in [0.2, 0.25) is 11.8 Å². The van der Waals surface area contributed by atoms with Gasteiger partial charge in [0.05, 0.1) is 29.3 Å². The highest BCUT2D eigenvalue weighted by molar-refractivity contribution is 9.10. The third kappa shape index (κ3) is 9.17. The van der Waals surface area contributed by atoms with Crippen LogP contribution in [0.25, 0.3) is 0 Å². The number of anilines is 1. The smallest absolute Gasteiger partial charge is 0.264 e. The molecular formula is C37H42BrN3O6S. The van der Waals surface area contributed by atoms with E-state index < -0.39 is 28.5 Å². The summed E-state index contributed by atoms with van der Waals surface area (Å²) in [7, 11) is -1.23. The average Bonchev–Trinajstić information content (AvgIpc) is 3.09. The standard InChI is InChI=1S/C37H42BrN3O6S/c1-6-27(3)39-37(43)34(22-28-11-8-7-9-12-28)40(24-29-13-10-14-31(21-29)46-4)36(42)25-41(30-17-15-26(2)16-18-30)48(44,45)32-19-20-35(47-5)33(38)23-32/h7-21,23,27,34H,6,22,24-25H2,1-5H3,(H,39,43)/t27-,34+/m1/s1. The van der Waals surface area contributed by atoms with E-state index in [4.69, 9.17) is 9.47 Å². The average molecular weight is 737 g/mol. The number of aryl methyl sites for hydroxylation is 1. The van der Waals surface area contributed by atoms with Crippen LogP contribution in [-0.4, -0.2) is 58.0 Å². The largest absolute Gasteiger partial charge is 0.497 e. The van der Waals surface area contributed by atoms with Crippen LogP contribution < -0.4 is 19.1 Å². The number of carbonyl (C=O) groups is 2. The van der Waals surface area contributed by atoms with Gasteiger partial charge < -0.3 is 19.7 Å². The van der Waals surface area contributed by atoms with E-state index in [1.165, 1.54) is 24.1 Å². The zero-order chi connectivity index (χ0) is 34.8. The maximum atomic E-state index is 14.7. The molecule has 11 heteroatoms. The number of benzene rings is 4. The first kappa shape index (κ1) is 36.5. The third-order valence-electron chi connectivity index (χ3n) is 8.07. The Hall–Kier alpha value is -4.35. The maximum absolute atomic E-state index is 14.7. The SMILES string of the molecule is CC[C@@H](C)NC(=O)[C@H](Cc1ccccc1)N(Cc1cccc(OC)c1)C(=O)CN(c1ccc(C)cc1)S(=O)(=O)c1ccc(OC)c(Br)c1. The summed E-state index contributed by atoms with van der Waals surface area (Å²) in [6.07, 6.45) is 0.923. The van der Waals surface area contributed by atoms with Gasteiger partial charge in [0.1, 0.15) is 24.1 Å². The molecule has 0 aliphatic rings. The van der Waals surface area contributed by atoms with Gasteiger partial charge in [-0.1, -0.05) is 67.1 Å². The molecule has 4 aromatic rings. The Morgan fingerprint density at radius 2 is 1.56 bits per heavy atom. The summed E-state index contributed by atoms with van der Waals surface area (Å²) in [5.74, 6) is 0.188. The van der Waals surface area contributed by atoms with Crippen LogP contribution in [0.3, 0.4) is 0 Å². The van der Waals surface area contributed by atoms with Gasteiger partial charge >= 0.3 is 0 Å². The van der Waals surface area contributed by atoms with Gasteiger partial charge in [-0.15, -0.1) is 0 Å². The van der Waals surface area contributed by atoms with Crippen molar-refractivity contribution in [2.75, 3.05) is 25.1 Å². The van der Waals surface area contributed by atoms with Crippen molar-refractivity contribution in [1.29, 1.82) is 0 Å². The summed E-state index contributed by atoms with van der Waals surface area (Å²) in [6, 6.07) is 27.0. The van der Waals surface area contributed by atoms with Crippen LogP contribution in [0.5, 0.6) is 11.5 Å². The summed E-state index contributed by atoms with van der Waals surface area (Å²) in [5, 5.41) is 3.05. The molecule has 2 atom stereocenters. The summed E-state index contributed by atoms with van der Waals surface area (Å²) >= 11 is 3.39. The van der Waals surface area contributed by atoms with E-state index in [1.54, 1.807) is 49.6 Å². The van der Waals surface area contributed by atoms with Crippen molar-refractivity contribution in [1.82, 2.24) is 10.2 Å². The summed E-state index contributed by atoms with van der Waals surface area (Å²) in [6.45, 7) is 5.26.